The minimum atomic E-state index is -0.0666. The van der Waals surface area contributed by atoms with Crippen LogP contribution >= 0.6 is 11.3 Å². The highest BCUT2D eigenvalue weighted by Gasteiger charge is 2.22. The number of imidazole rings is 1. The first-order valence-corrected chi connectivity index (χ1v) is 9.83. The number of rotatable bonds is 4. The van der Waals surface area contributed by atoms with Crippen molar-refractivity contribution in [1.82, 2.24) is 20.2 Å². The van der Waals surface area contributed by atoms with Gasteiger partial charge in [-0.2, -0.15) is 0 Å². The highest BCUT2D eigenvalue weighted by molar-refractivity contribution is 7.10. The lowest BCUT2D eigenvalue weighted by Crippen LogP contribution is -2.39. The van der Waals surface area contributed by atoms with Gasteiger partial charge in [0.25, 0.3) is 0 Å². The number of nitrogens with zero attached hydrogens (tertiary/aromatic N) is 2. The molecule has 1 aliphatic carbocycles. The van der Waals surface area contributed by atoms with Gasteiger partial charge in [0, 0.05) is 37.0 Å². The molecule has 6 heteroatoms. The second-order valence-electron chi connectivity index (χ2n) is 6.69. The molecule has 0 spiro atoms. The van der Waals surface area contributed by atoms with Crippen molar-refractivity contribution in [3.8, 4) is 0 Å². The highest BCUT2D eigenvalue weighted by Crippen LogP contribution is 2.33. The van der Waals surface area contributed by atoms with Crippen molar-refractivity contribution < 1.29 is 4.79 Å². The zero-order valence-corrected chi connectivity index (χ0v) is 14.7. The number of nitrogens with one attached hydrogen (secondary N) is 2. The molecule has 0 bridgehead atoms. The van der Waals surface area contributed by atoms with E-state index < -0.39 is 0 Å². The summed E-state index contributed by atoms with van der Waals surface area (Å²) >= 11 is 1.80. The predicted octanol–water partition coefficient (Wildman–Crippen LogP) is 3.20. The van der Waals surface area contributed by atoms with Crippen molar-refractivity contribution in [2.45, 2.75) is 57.5 Å². The summed E-state index contributed by atoms with van der Waals surface area (Å²) in [6.07, 6.45) is 9.84. The average molecular weight is 344 g/mol. The summed E-state index contributed by atoms with van der Waals surface area (Å²) in [6.45, 7) is 1.71. The van der Waals surface area contributed by atoms with Crippen LogP contribution in [0, 0.1) is 0 Å². The average Bonchev–Trinajstić information content (AvgIpc) is 3.21. The molecule has 2 aromatic rings. The normalized spacial score (nSPS) is 19.4. The van der Waals surface area contributed by atoms with E-state index in [0.717, 1.165) is 44.3 Å². The second kappa shape index (κ2) is 6.97. The largest absolute Gasteiger partial charge is 0.338 e. The lowest BCUT2D eigenvalue weighted by atomic mass is 9.94. The molecule has 0 saturated carbocycles. The zero-order chi connectivity index (χ0) is 16.4. The van der Waals surface area contributed by atoms with E-state index in [4.69, 9.17) is 0 Å². The van der Waals surface area contributed by atoms with Crippen LogP contribution in [0.3, 0.4) is 0 Å². The van der Waals surface area contributed by atoms with Crippen LogP contribution in [0.2, 0.25) is 0 Å². The molecule has 2 aliphatic rings. The maximum absolute atomic E-state index is 12.2. The van der Waals surface area contributed by atoms with Crippen molar-refractivity contribution in [2.24, 2.45) is 0 Å². The molecule has 0 aromatic carbocycles. The molecule has 0 saturated heterocycles. The number of amides is 2. The van der Waals surface area contributed by atoms with Crippen LogP contribution in [0.5, 0.6) is 0 Å². The van der Waals surface area contributed by atoms with Crippen LogP contribution in [0.15, 0.2) is 17.6 Å². The van der Waals surface area contributed by atoms with Crippen LogP contribution < -0.4 is 10.6 Å². The summed E-state index contributed by atoms with van der Waals surface area (Å²) in [7, 11) is 0. The number of thiophene rings is 1. The van der Waals surface area contributed by atoms with Gasteiger partial charge in [-0.1, -0.05) is 0 Å². The zero-order valence-electron chi connectivity index (χ0n) is 13.9. The molecule has 2 aromatic heterocycles. The molecule has 5 nitrogen and oxygen atoms in total. The smallest absolute Gasteiger partial charge is 0.315 e. The van der Waals surface area contributed by atoms with Crippen molar-refractivity contribution in [3.05, 3.63) is 39.6 Å². The van der Waals surface area contributed by atoms with Crippen LogP contribution in [0.1, 0.15) is 53.7 Å². The standard InChI is InChI=1S/C18H24N4OS/c23-18(21-15-4-3-5-16-14(15)8-11-24-16)19-9-7-13-12-22-10-2-1-6-17(22)20-13/h8,11-12,15H,1-7,9-10H2,(H2,19,21,23)/t15-/m0/s1. The Hall–Kier alpha value is -1.82. The van der Waals surface area contributed by atoms with Gasteiger partial charge in [-0.15, -0.1) is 11.3 Å². The first kappa shape index (κ1) is 15.7. The Morgan fingerprint density at radius 3 is 3.21 bits per heavy atom. The van der Waals surface area contributed by atoms with E-state index in [0.29, 0.717) is 6.54 Å². The van der Waals surface area contributed by atoms with Crippen molar-refractivity contribution >= 4 is 17.4 Å². The minimum Gasteiger partial charge on any atom is -0.338 e. The maximum Gasteiger partial charge on any atom is 0.315 e. The highest BCUT2D eigenvalue weighted by atomic mass is 32.1. The van der Waals surface area contributed by atoms with Crippen LogP contribution in [-0.2, 0) is 25.8 Å². The molecular formula is C18H24N4OS. The molecule has 1 atom stereocenters. The molecule has 24 heavy (non-hydrogen) atoms. The predicted molar refractivity (Wildman–Crippen MR) is 95.4 cm³/mol. The van der Waals surface area contributed by atoms with Crippen molar-refractivity contribution in [3.63, 3.8) is 0 Å². The fourth-order valence-corrected chi connectivity index (χ4v) is 4.73. The third kappa shape index (κ3) is 3.34. The van der Waals surface area contributed by atoms with Crippen LogP contribution in [-0.4, -0.2) is 22.1 Å². The van der Waals surface area contributed by atoms with Gasteiger partial charge in [0.1, 0.15) is 5.82 Å². The maximum atomic E-state index is 12.2. The minimum absolute atomic E-state index is 0.0666. The molecule has 4 rings (SSSR count). The molecule has 3 heterocycles. The molecule has 0 unspecified atom stereocenters. The SMILES string of the molecule is O=C(NCCc1cn2c(n1)CCCC2)N[C@H]1CCCc2sccc21. The Bertz CT molecular complexity index is 697. The molecule has 2 N–H and O–H groups in total. The topological polar surface area (TPSA) is 59.0 Å². The van der Waals surface area contributed by atoms with Gasteiger partial charge in [0.2, 0.25) is 0 Å². The number of carbonyl (C=O) groups excluding carboxylic acids is 1. The van der Waals surface area contributed by atoms with Crippen molar-refractivity contribution in [2.75, 3.05) is 6.54 Å². The summed E-state index contributed by atoms with van der Waals surface area (Å²) < 4.78 is 2.26. The van der Waals surface area contributed by atoms with Gasteiger partial charge in [-0.05, 0) is 49.1 Å². The number of carbonyl (C=O) groups is 1. The number of hydrogen-bond donors (Lipinski definition) is 2. The summed E-state index contributed by atoms with van der Waals surface area (Å²) in [5.41, 5.74) is 2.40. The van der Waals surface area contributed by atoms with Gasteiger partial charge >= 0.3 is 6.03 Å². The van der Waals surface area contributed by atoms with E-state index in [1.165, 1.54) is 29.1 Å². The van der Waals surface area contributed by atoms with E-state index in [-0.39, 0.29) is 12.1 Å². The van der Waals surface area contributed by atoms with Gasteiger partial charge in [-0.25, -0.2) is 9.78 Å². The molecule has 2 amide bonds. The fraction of sp³-hybridized carbons (Fsp3) is 0.556. The third-order valence-electron chi connectivity index (χ3n) is 4.98. The molecule has 1 aliphatic heterocycles. The second-order valence-corrected chi connectivity index (χ2v) is 7.69. The van der Waals surface area contributed by atoms with Gasteiger partial charge < -0.3 is 15.2 Å². The Labute approximate surface area is 146 Å². The van der Waals surface area contributed by atoms with Gasteiger partial charge in [0.05, 0.1) is 11.7 Å². The quantitative estimate of drug-likeness (QED) is 0.895. The lowest BCUT2D eigenvalue weighted by molar-refractivity contribution is 0.235. The summed E-state index contributed by atoms with van der Waals surface area (Å²) in [4.78, 5) is 18.3. The van der Waals surface area contributed by atoms with Gasteiger partial charge in [0.15, 0.2) is 0 Å². The van der Waals surface area contributed by atoms with Crippen LogP contribution in [0.4, 0.5) is 4.79 Å². The Morgan fingerprint density at radius 2 is 2.29 bits per heavy atom. The fourth-order valence-electron chi connectivity index (χ4n) is 3.74. The molecule has 0 fully saturated rings. The summed E-state index contributed by atoms with van der Waals surface area (Å²) in [6, 6.07) is 2.25. The lowest BCUT2D eigenvalue weighted by Gasteiger charge is -2.23. The first-order chi connectivity index (χ1) is 11.8. The number of aromatic nitrogens is 2. The Morgan fingerprint density at radius 1 is 1.33 bits per heavy atom. The van der Waals surface area contributed by atoms with E-state index >= 15 is 0 Å². The molecular weight excluding hydrogens is 320 g/mol. The van der Waals surface area contributed by atoms with Gasteiger partial charge in [-0.3, -0.25) is 0 Å². The first-order valence-electron chi connectivity index (χ1n) is 8.95. The number of urea groups is 1. The van der Waals surface area contributed by atoms with Crippen molar-refractivity contribution in [1.29, 1.82) is 0 Å². The number of aryl methyl sites for hydroxylation is 3. The van der Waals surface area contributed by atoms with E-state index in [1.807, 2.05) is 0 Å². The number of fused-ring (bicyclic) bond motifs is 2. The van der Waals surface area contributed by atoms with Crippen LogP contribution in [0.25, 0.3) is 0 Å². The number of hydrogen-bond acceptors (Lipinski definition) is 3. The summed E-state index contributed by atoms with van der Waals surface area (Å²) in [5, 5.41) is 8.24. The summed E-state index contributed by atoms with van der Waals surface area (Å²) in [5.74, 6) is 1.20. The molecule has 128 valence electrons. The monoisotopic (exact) mass is 344 g/mol. The van der Waals surface area contributed by atoms with E-state index in [2.05, 4.69) is 37.8 Å². The Kier molecular flexibility index (Phi) is 4.56. The molecule has 0 radical (unpaired) electrons. The third-order valence-corrected chi connectivity index (χ3v) is 5.98. The Balaban J connectivity index is 1.26. The van der Waals surface area contributed by atoms with E-state index in [9.17, 15) is 4.79 Å². The van der Waals surface area contributed by atoms with E-state index in [1.54, 1.807) is 11.3 Å².